The van der Waals surface area contributed by atoms with Crippen LogP contribution in [0.1, 0.15) is 37.7 Å². The number of hydrogen-bond donors (Lipinski definition) is 7. The molecule has 0 radical (unpaired) electrons. The van der Waals surface area contributed by atoms with Gasteiger partial charge in [-0.15, -0.1) is 0 Å². The molecule has 170 valence electrons. The van der Waals surface area contributed by atoms with Crippen LogP contribution in [-0.4, -0.2) is 64.4 Å². The fourth-order valence-electron chi connectivity index (χ4n) is 2.48. The smallest absolute Gasteiger partial charge is 0.320 e. The number of unbranched alkanes of at least 4 members (excludes halogenated alkanes) is 1. The van der Waals surface area contributed by atoms with Gasteiger partial charge in [-0.1, -0.05) is 36.8 Å². The van der Waals surface area contributed by atoms with Crippen molar-refractivity contribution in [3.8, 4) is 0 Å². The number of nitrogens with two attached hydrogens (primary N) is 3. The lowest BCUT2D eigenvalue weighted by molar-refractivity contribution is -0.139. The van der Waals surface area contributed by atoms with Crippen molar-refractivity contribution in [3.63, 3.8) is 0 Å². The van der Waals surface area contributed by atoms with Gasteiger partial charge in [0.25, 0.3) is 0 Å². The van der Waals surface area contributed by atoms with Crippen LogP contribution in [0.2, 0.25) is 0 Å². The van der Waals surface area contributed by atoms with E-state index in [9.17, 15) is 14.4 Å². The molecule has 0 amide bonds. The number of aliphatic carboxylic acids is 3. The molecule has 1 aromatic rings. The molecule has 1 aliphatic rings. The molecule has 1 saturated heterocycles. The first-order chi connectivity index (χ1) is 14.2. The lowest BCUT2D eigenvalue weighted by Crippen LogP contribution is -2.32. The van der Waals surface area contributed by atoms with Gasteiger partial charge in [0, 0.05) is 0 Å². The van der Waals surface area contributed by atoms with Crippen LogP contribution in [0.25, 0.3) is 0 Å². The molecule has 1 aromatic carbocycles. The lowest BCUT2D eigenvalue weighted by Gasteiger charge is -2.04. The number of carboxylic acids is 3. The van der Waals surface area contributed by atoms with Crippen LogP contribution >= 0.6 is 0 Å². The van der Waals surface area contributed by atoms with Crippen LogP contribution in [0, 0.1) is 0 Å². The highest BCUT2D eigenvalue weighted by Gasteiger charge is 2.20. The van der Waals surface area contributed by atoms with Gasteiger partial charge in [-0.3, -0.25) is 14.4 Å². The third kappa shape index (κ3) is 13.6. The second-order valence-corrected chi connectivity index (χ2v) is 6.85. The predicted octanol–water partition coefficient (Wildman–Crippen LogP) is -0.00870. The van der Waals surface area contributed by atoms with Gasteiger partial charge in [0.05, 0.1) is 0 Å². The molecule has 0 saturated carbocycles. The van der Waals surface area contributed by atoms with E-state index < -0.39 is 30.0 Å². The Morgan fingerprint density at radius 1 is 1.00 bits per heavy atom. The normalized spacial score (nSPS) is 16.8. The minimum Gasteiger partial charge on any atom is -0.480 e. The number of carboxylic acid groups (broad SMARTS) is 3. The van der Waals surface area contributed by atoms with Crippen molar-refractivity contribution in [3.05, 3.63) is 35.9 Å². The van der Waals surface area contributed by atoms with E-state index in [0.717, 1.165) is 37.8 Å². The summed E-state index contributed by atoms with van der Waals surface area (Å²) >= 11 is 0. The largest absolute Gasteiger partial charge is 0.480 e. The number of benzene rings is 1. The first-order valence-corrected chi connectivity index (χ1v) is 9.86. The van der Waals surface area contributed by atoms with E-state index in [2.05, 4.69) is 5.32 Å². The van der Waals surface area contributed by atoms with Crippen molar-refractivity contribution in [2.75, 3.05) is 13.1 Å². The summed E-state index contributed by atoms with van der Waals surface area (Å²) < 4.78 is 0. The summed E-state index contributed by atoms with van der Waals surface area (Å²) in [5.74, 6) is -2.61. The van der Waals surface area contributed by atoms with Gasteiger partial charge >= 0.3 is 17.9 Å². The first kappa shape index (κ1) is 27.5. The summed E-state index contributed by atoms with van der Waals surface area (Å²) in [5, 5.41) is 28.1. The highest BCUT2D eigenvalue weighted by Crippen LogP contribution is 2.03. The van der Waals surface area contributed by atoms with Crippen molar-refractivity contribution >= 4 is 17.9 Å². The standard InChI is InChI=1S/C9H11NO2.C6H14N2O2.C5H9NO2/c10-8(9(11)12)6-7-4-2-1-3-5-7;7-4-2-1-3-5(8)6(9)10;7-5(8)4-2-1-3-6-4/h1-5,8H,6,10H2,(H,11,12);5H,1-4,7-8H2,(H,9,10);4,6H,1-3H2,(H,7,8)/t8-;5-;4-/m000/s1. The van der Waals surface area contributed by atoms with Crippen molar-refractivity contribution in [1.29, 1.82) is 0 Å². The molecule has 2 rings (SSSR count). The lowest BCUT2D eigenvalue weighted by atomic mass is 10.1. The summed E-state index contributed by atoms with van der Waals surface area (Å²) in [6, 6.07) is 7.56. The summed E-state index contributed by atoms with van der Waals surface area (Å²) in [5.41, 5.74) is 16.7. The minimum absolute atomic E-state index is 0.269. The molecule has 0 aliphatic carbocycles. The van der Waals surface area contributed by atoms with Crippen LogP contribution < -0.4 is 22.5 Å². The predicted molar refractivity (Wildman–Crippen MR) is 113 cm³/mol. The maximum Gasteiger partial charge on any atom is 0.320 e. The Morgan fingerprint density at radius 2 is 1.60 bits per heavy atom. The third-order valence-electron chi connectivity index (χ3n) is 4.26. The number of rotatable bonds is 9. The van der Waals surface area contributed by atoms with Crippen LogP contribution in [0.3, 0.4) is 0 Å². The number of nitrogens with one attached hydrogen (secondary N) is 1. The van der Waals surface area contributed by atoms with Crippen LogP contribution in [-0.2, 0) is 20.8 Å². The van der Waals surface area contributed by atoms with E-state index >= 15 is 0 Å². The van der Waals surface area contributed by atoms with Gasteiger partial charge in [0.2, 0.25) is 0 Å². The summed E-state index contributed by atoms with van der Waals surface area (Å²) in [7, 11) is 0. The van der Waals surface area contributed by atoms with Crippen LogP contribution in [0.4, 0.5) is 0 Å². The molecule has 0 bridgehead atoms. The summed E-state index contributed by atoms with van der Waals surface area (Å²) in [4.78, 5) is 30.7. The van der Waals surface area contributed by atoms with Gasteiger partial charge < -0.3 is 37.8 Å². The van der Waals surface area contributed by atoms with E-state index in [0.29, 0.717) is 19.4 Å². The molecule has 1 heterocycles. The Balaban J connectivity index is 0.000000429. The maximum atomic E-state index is 10.4. The summed E-state index contributed by atoms with van der Waals surface area (Å²) in [6.07, 6.45) is 4.33. The third-order valence-corrected chi connectivity index (χ3v) is 4.26. The van der Waals surface area contributed by atoms with E-state index in [1.165, 1.54) is 0 Å². The van der Waals surface area contributed by atoms with E-state index in [1.807, 2.05) is 30.3 Å². The average molecular weight is 427 g/mol. The molecule has 10 nitrogen and oxygen atoms in total. The van der Waals surface area contributed by atoms with Crippen molar-refractivity contribution in [2.24, 2.45) is 17.2 Å². The average Bonchev–Trinajstić information content (AvgIpc) is 3.25. The second kappa shape index (κ2) is 16.3. The monoisotopic (exact) mass is 426 g/mol. The fraction of sp³-hybridized carbons (Fsp3) is 0.550. The zero-order valence-electron chi connectivity index (χ0n) is 17.1. The zero-order chi connectivity index (χ0) is 22.9. The van der Waals surface area contributed by atoms with E-state index in [-0.39, 0.29) is 6.04 Å². The molecule has 10 N–H and O–H groups in total. The maximum absolute atomic E-state index is 10.4. The number of carbonyl (C=O) groups is 3. The van der Waals surface area contributed by atoms with Gasteiger partial charge in [-0.05, 0) is 50.8 Å². The fourth-order valence-corrected chi connectivity index (χ4v) is 2.48. The van der Waals surface area contributed by atoms with Crippen molar-refractivity contribution < 1.29 is 29.7 Å². The quantitative estimate of drug-likeness (QED) is 0.263. The molecule has 30 heavy (non-hydrogen) atoms. The first-order valence-electron chi connectivity index (χ1n) is 9.86. The van der Waals surface area contributed by atoms with Crippen molar-refractivity contribution in [1.82, 2.24) is 5.32 Å². The molecular weight excluding hydrogens is 392 g/mol. The molecule has 0 aromatic heterocycles. The van der Waals surface area contributed by atoms with Crippen molar-refractivity contribution in [2.45, 2.75) is 56.7 Å². The Hall–Kier alpha value is -2.53. The zero-order valence-corrected chi connectivity index (χ0v) is 17.1. The van der Waals surface area contributed by atoms with Gasteiger partial charge in [-0.25, -0.2) is 0 Å². The number of hydrogen-bond acceptors (Lipinski definition) is 7. The van der Waals surface area contributed by atoms with E-state index in [1.54, 1.807) is 0 Å². The molecular formula is C20H34N4O6. The Bertz CT molecular complexity index is 623. The Morgan fingerprint density at radius 3 is 2.00 bits per heavy atom. The summed E-state index contributed by atoms with van der Waals surface area (Å²) in [6.45, 7) is 1.46. The van der Waals surface area contributed by atoms with Gasteiger partial charge in [-0.2, -0.15) is 0 Å². The van der Waals surface area contributed by atoms with Crippen LogP contribution in [0.15, 0.2) is 30.3 Å². The molecule has 10 heteroatoms. The molecule has 3 atom stereocenters. The second-order valence-electron chi connectivity index (χ2n) is 6.85. The SMILES string of the molecule is NCCCC[C@H](N)C(=O)O.N[C@@H](Cc1ccccc1)C(=O)O.O=C(O)[C@@H]1CCCN1. The minimum atomic E-state index is -0.959. The highest BCUT2D eigenvalue weighted by molar-refractivity contribution is 5.74. The van der Waals surface area contributed by atoms with Gasteiger partial charge in [0.15, 0.2) is 0 Å². The molecule has 1 fully saturated rings. The Kier molecular flexibility index (Phi) is 14.9. The molecule has 1 aliphatic heterocycles. The molecule has 0 spiro atoms. The van der Waals surface area contributed by atoms with Crippen LogP contribution in [0.5, 0.6) is 0 Å². The van der Waals surface area contributed by atoms with E-state index in [4.69, 9.17) is 32.5 Å². The van der Waals surface area contributed by atoms with Gasteiger partial charge in [0.1, 0.15) is 18.1 Å². The Labute approximate surface area is 176 Å². The highest BCUT2D eigenvalue weighted by atomic mass is 16.4. The molecule has 0 unspecified atom stereocenters. The topological polar surface area (TPSA) is 202 Å².